The van der Waals surface area contributed by atoms with Gasteiger partial charge in [0.1, 0.15) is 0 Å². The van der Waals surface area contributed by atoms with E-state index in [0.717, 1.165) is 0 Å². The zero-order chi connectivity index (χ0) is 9.41. The SMILES string of the molecule is CC(C)OP1(=O)C=CC(C)(C)O1. The predicted molar refractivity (Wildman–Crippen MR) is 48.1 cm³/mol. The second kappa shape index (κ2) is 2.99. The Kier molecular flexibility index (Phi) is 2.48. The first-order valence-corrected chi connectivity index (χ1v) is 5.63. The molecular weight excluding hydrogens is 175 g/mol. The average molecular weight is 190 g/mol. The first-order chi connectivity index (χ1) is 5.33. The van der Waals surface area contributed by atoms with Crippen molar-refractivity contribution >= 4 is 7.60 Å². The van der Waals surface area contributed by atoms with Gasteiger partial charge in [-0.15, -0.1) is 0 Å². The van der Waals surface area contributed by atoms with Gasteiger partial charge in [0, 0.05) is 5.82 Å². The highest BCUT2D eigenvalue weighted by molar-refractivity contribution is 7.57. The van der Waals surface area contributed by atoms with Crippen LogP contribution in [0.2, 0.25) is 0 Å². The predicted octanol–water partition coefficient (Wildman–Crippen LogP) is 2.93. The van der Waals surface area contributed by atoms with Gasteiger partial charge in [0.2, 0.25) is 0 Å². The van der Waals surface area contributed by atoms with Gasteiger partial charge in [-0.05, 0) is 33.8 Å². The molecule has 1 rings (SSSR count). The van der Waals surface area contributed by atoms with Crippen molar-refractivity contribution in [2.75, 3.05) is 0 Å². The molecule has 4 heteroatoms. The van der Waals surface area contributed by atoms with Crippen molar-refractivity contribution < 1.29 is 13.6 Å². The Bertz CT molecular complexity index is 243. The molecule has 0 amide bonds. The smallest absolute Gasteiger partial charge is 0.303 e. The molecule has 1 unspecified atom stereocenters. The summed E-state index contributed by atoms with van der Waals surface area (Å²) >= 11 is 0. The minimum absolute atomic E-state index is 0.0746. The van der Waals surface area contributed by atoms with Crippen molar-refractivity contribution in [1.29, 1.82) is 0 Å². The molecule has 0 spiro atoms. The number of rotatable bonds is 2. The maximum atomic E-state index is 11.7. The summed E-state index contributed by atoms with van der Waals surface area (Å²) in [6.07, 6.45) is 1.70. The Morgan fingerprint density at radius 2 is 2.08 bits per heavy atom. The van der Waals surface area contributed by atoms with Crippen LogP contribution in [0.3, 0.4) is 0 Å². The molecule has 0 fully saturated rings. The van der Waals surface area contributed by atoms with E-state index >= 15 is 0 Å². The number of hydrogen-bond acceptors (Lipinski definition) is 3. The summed E-state index contributed by atoms with van der Waals surface area (Å²) in [5.74, 6) is 1.53. The number of hydrogen-bond donors (Lipinski definition) is 0. The van der Waals surface area contributed by atoms with Crippen molar-refractivity contribution in [2.45, 2.75) is 39.4 Å². The van der Waals surface area contributed by atoms with Crippen molar-refractivity contribution in [1.82, 2.24) is 0 Å². The molecule has 0 N–H and O–H groups in total. The summed E-state index contributed by atoms with van der Waals surface area (Å²) in [6, 6.07) is 0. The quantitative estimate of drug-likeness (QED) is 0.628. The third-order valence-corrected chi connectivity index (χ3v) is 3.33. The molecule has 0 aromatic carbocycles. The molecule has 3 nitrogen and oxygen atoms in total. The minimum atomic E-state index is -2.93. The van der Waals surface area contributed by atoms with Gasteiger partial charge in [-0.1, -0.05) is 0 Å². The molecule has 1 heterocycles. The lowest BCUT2D eigenvalue weighted by Gasteiger charge is -2.20. The van der Waals surface area contributed by atoms with Crippen LogP contribution < -0.4 is 0 Å². The fourth-order valence-electron chi connectivity index (χ4n) is 1.01. The Labute approximate surface area is 73.3 Å². The van der Waals surface area contributed by atoms with Crippen molar-refractivity contribution in [3.05, 3.63) is 11.9 Å². The van der Waals surface area contributed by atoms with Crippen LogP contribution in [-0.2, 0) is 13.6 Å². The Balaban J connectivity index is 2.68. The summed E-state index contributed by atoms with van der Waals surface area (Å²) < 4.78 is 22.2. The van der Waals surface area contributed by atoms with E-state index in [-0.39, 0.29) is 6.10 Å². The maximum absolute atomic E-state index is 11.7. The van der Waals surface area contributed by atoms with Gasteiger partial charge in [0.15, 0.2) is 0 Å². The molecule has 1 aliphatic rings. The first kappa shape index (κ1) is 9.97. The molecule has 0 radical (unpaired) electrons. The van der Waals surface area contributed by atoms with Crippen LogP contribution >= 0.6 is 7.60 Å². The molecule has 12 heavy (non-hydrogen) atoms. The lowest BCUT2D eigenvalue weighted by Crippen LogP contribution is -2.15. The van der Waals surface area contributed by atoms with Crippen LogP contribution in [-0.4, -0.2) is 11.7 Å². The highest BCUT2D eigenvalue weighted by Gasteiger charge is 2.36. The molecule has 1 atom stereocenters. The van der Waals surface area contributed by atoms with E-state index < -0.39 is 13.2 Å². The van der Waals surface area contributed by atoms with Crippen LogP contribution in [0, 0.1) is 0 Å². The van der Waals surface area contributed by atoms with Crippen LogP contribution in [0.5, 0.6) is 0 Å². The van der Waals surface area contributed by atoms with Crippen molar-refractivity contribution in [3.63, 3.8) is 0 Å². The van der Waals surface area contributed by atoms with E-state index in [1.165, 1.54) is 5.82 Å². The molecule has 0 aromatic rings. The largest absolute Gasteiger partial charge is 0.355 e. The fraction of sp³-hybridized carbons (Fsp3) is 0.750. The van der Waals surface area contributed by atoms with Crippen LogP contribution in [0.1, 0.15) is 27.7 Å². The van der Waals surface area contributed by atoms with Crippen LogP contribution in [0.25, 0.3) is 0 Å². The van der Waals surface area contributed by atoms with Crippen LogP contribution in [0.15, 0.2) is 11.9 Å². The van der Waals surface area contributed by atoms with Crippen molar-refractivity contribution in [3.8, 4) is 0 Å². The summed E-state index contributed by atoms with van der Waals surface area (Å²) in [7, 11) is -2.93. The summed E-state index contributed by atoms with van der Waals surface area (Å²) in [5.41, 5.74) is -0.454. The molecule has 70 valence electrons. The van der Waals surface area contributed by atoms with Gasteiger partial charge in [0.25, 0.3) is 0 Å². The Morgan fingerprint density at radius 1 is 1.50 bits per heavy atom. The molecule has 0 aliphatic carbocycles. The van der Waals surface area contributed by atoms with E-state index in [2.05, 4.69) is 0 Å². The lowest BCUT2D eigenvalue weighted by atomic mass is 10.1. The van der Waals surface area contributed by atoms with E-state index in [4.69, 9.17) is 9.05 Å². The molecule has 0 saturated heterocycles. The lowest BCUT2D eigenvalue weighted by molar-refractivity contribution is 0.118. The van der Waals surface area contributed by atoms with E-state index in [1.807, 2.05) is 27.7 Å². The minimum Gasteiger partial charge on any atom is -0.303 e. The average Bonchev–Trinajstić information content (AvgIpc) is 2.03. The maximum Gasteiger partial charge on any atom is 0.355 e. The highest BCUT2D eigenvalue weighted by Crippen LogP contribution is 2.58. The van der Waals surface area contributed by atoms with Gasteiger partial charge in [0.05, 0.1) is 11.7 Å². The van der Waals surface area contributed by atoms with Crippen molar-refractivity contribution in [2.24, 2.45) is 0 Å². The Hall–Kier alpha value is -0.110. The third kappa shape index (κ3) is 2.44. The van der Waals surface area contributed by atoms with Crippen LogP contribution in [0.4, 0.5) is 0 Å². The van der Waals surface area contributed by atoms with Gasteiger partial charge in [-0.2, -0.15) is 0 Å². The summed E-state index contributed by atoms with van der Waals surface area (Å²) in [5, 5.41) is 0. The van der Waals surface area contributed by atoms with E-state index in [9.17, 15) is 4.57 Å². The Morgan fingerprint density at radius 3 is 2.42 bits per heavy atom. The van der Waals surface area contributed by atoms with E-state index in [1.54, 1.807) is 6.08 Å². The molecular formula is C8H15O3P. The zero-order valence-electron chi connectivity index (χ0n) is 7.90. The van der Waals surface area contributed by atoms with Gasteiger partial charge in [-0.3, -0.25) is 9.09 Å². The summed E-state index contributed by atoms with van der Waals surface area (Å²) in [6.45, 7) is 7.38. The normalized spacial score (nSPS) is 33.1. The topological polar surface area (TPSA) is 35.5 Å². The van der Waals surface area contributed by atoms with E-state index in [0.29, 0.717) is 0 Å². The highest BCUT2D eigenvalue weighted by atomic mass is 31.2. The van der Waals surface area contributed by atoms with Gasteiger partial charge < -0.3 is 4.52 Å². The second-order valence-electron chi connectivity index (χ2n) is 3.70. The fourth-order valence-corrected chi connectivity index (χ4v) is 3.03. The molecule has 1 aliphatic heterocycles. The molecule has 0 aromatic heterocycles. The van der Waals surface area contributed by atoms with Gasteiger partial charge in [-0.25, -0.2) is 0 Å². The summed E-state index contributed by atoms with van der Waals surface area (Å²) in [4.78, 5) is 0. The zero-order valence-corrected chi connectivity index (χ0v) is 8.80. The third-order valence-electron chi connectivity index (χ3n) is 1.38. The standard InChI is InChI=1S/C8H15O3P/c1-7(2)10-12(9)6-5-8(3,4)11-12/h5-7H,1-4H3. The first-order valence-electron chi connectivity index (χ1n) is 4.02. The molecule has 0 saturated carbocycles. The second-order valence-corrected chi connectivity index (χ2v) is 5.48. The van der Waals surface area contributed by atoms with Gasteiger partial charge >= 0.3 is 7.60 Å². The molecule has 0 bridgehead atoms. The monoisotopic (exact) mass is 190 g/mol.